The summed E-state index contributed by atoms with van der Waals surface area (Å²) >= 11 is 11.8. The fourth-order valence-corrected chi connectivity index (χ4v) is 3.36. The summed E-state index contributed by atoms with van der Waals surface area (Å²) in [6, 6.07) is 3.34. The first-order chi connectivity index (χ1) is 10.0. The maximum atomic E-state index is 13.9. The van der Waals surface area contributed by atoms with Gasteiger partial charge in [0.15, 0.2) is 0 Å². The van der Waals surface area contributed by atoms with Crippen molar-refractivity contribution in [3.05, 3.63) is 28.8 Å². The average Bonchev–Trinajstić information content (AvgIpc) is 2.78. The molecular weight excluding hydrogens is 310 g/mol. The zero-order chi connectivity index (χ0) is 15.6. The molecule has 2 rings (SSSR count). The molecule has 2 nitrogen and oxygen atoms in total. The summed E-state index contributed by atoms with van der Waals surface area (Å²) in [7, 11) is 0. The van der Waals surface area contributed by atoms with Crippen LogP contribution < -0.4 is 0 Å². The largest absolute Gasteiger partial charge is 0.325 e. The molecule has 0 radical (unpaired) electrons. The molecule has 5 heteroatoms. The maximum absolute atomic E-state index is 13.9. The lowest BCUT2D eigenvalue weighted by molar-refractivity contribution is 0.333. The van der Waals surface area contributed by atoms with Crippen molar-refractivity contribution in [2.75, 3.05) is 5.88 Å². The Morgan fingerprint density at radius 1 is 1.29 bits per heavy atom. The van der Waals surface area contributed by atoms with Gasteiger partial charge >= 0.3 is 0 Å². The molecule has 0 aliphatic rings. The smallest absolute Gasteiger partial charge is 0.144 e. The molecule has 21 heavy (non-hydrogen) atoms. The van der Waals surface area contributed by atoms with Gasteiger partial charge in [-0.05, 0) is 18.9 Å². The molecule has 1 heterocycles. The maximum Gasteiger partial charge on any atom is 0.144 e. The van der Waals surface area contributed by atoms with E-state index in [2.05, 4.69) is 30.3 Å². The lowest BCUT2D eigenvalue weighted by atomic mass is 9.95. The Morgan fingerprint density at radius 3 is 2.52 bits per heavy atom. The molecule has 0 saturated carbocycles. The molecule has 0 fully saturated rings. The molecule has 0 aliphatic heterocycles. The Morgan fingerprint density at radius 2 is 1.95 bits per heavy atom. The van der Waals surface area contributed by atoms with Crippen LogP contribution in [-0.4, -0.2) is 15.4 Å². The van der Waals surface area contributed by atoms with E-state index < -0.39 is 5.82 Å². The van der Waals surface area contributed by atoms with Gasteiger partial charge < -0.3 is 4.57 Å². The fourth-order valence-electron chi connectivity index (χ4n) is 3.04. The third kappa shape index (κ3) is 3.19. The van der Waals surface area contributed by atoms with Gasteiger partial charge in [0, 0.05) is 24.4 Å². The Bertz CT molecular complexity index is 620. The molecule has 0 saturated heterocycles. The van der Waals surface area contributed by atoms with E-state index in [9.17, 15) is 4.39 Å². The van der Waals surface area contributed by atoms with E-state index in [0.29, 0.717) is 18.2 Å². The van der Waals surface area contributed by atoms with Gasteiger partial charge in [0.2, 0.25) is 0 Å². The monoisotopic (exact) mass is 330 g/mol. The number of aryl methyl sites for hydroxylation is 1. The second-order valence-corrected chi connectivity index (χ2v) is 6.19. The number of nitrogens with zero attached hydrogens (tertiary/aromatic N) is 2. The molecule has 0 aliphatic carbocycles. The van der Waals surface area contributed by atoms with Gasteiger partial charge in [0.1, 0.15) is 11.6 Å². The number of fused-ring (bicyclic) bond motifs is 1. The normalized spacial score (nSPS) is 13.3. The number of halogens is 3. The van der Waals surface area contributed by atoms with Crippen LogP contribution in [0.15, 0.2) is 12.1 Å². The van der Waals surface area contributed by atoms with Gasteiger partial charge in [-0.1, -0.05) is 38.3 Å². The first kappa shape index (κ1) is 16.6. The number of benzene rings is 1. The van der Waals surface area contributed by atoms with Crippen molar-refractivity contribution in [1.29, 1.82) is 0 Å². The predicted octanol–water partition coefficient (Wildman–Crippen LogP) is 5.61. The zero-order valence-corrected chi connectivity index (χ0v) is 14.2. The molecule has 1 aromatic heterocycles. The lowest BCUT2D eigenvalue weighted by Crippen LogP contribution is -2.18. The van der Waals surface area contributed by atoms with Crippen LogP contribution >= 0.6 is 23.2 Å². The van der Waals surface area contributed by atoms with Crippen molar-refractivity contribution in [1.82, 2.24) is 9.55 Å². The molecule has 1 atom stereocenters. The van der Waals surface area contributed by atoms with Gasteiger partial charge in [0.05, 0.1) is 16.1 Å². The van der Waals surface area contributed by atoms with Crippen LogP contribution in [0.5, 0.6) is 0 Å². The van der Waals surface area contributed by atoms with Crippen LogP contribution in [0.25, 0.3) is 11.0 Å². The zero-order valence-electron chi connectivity index (χ0n) is 12.7. The van der Waals surface area contributed by atoms with E-state index in [1.807, 2.05) is 0 Å². The fraction of sp³-hybridized carbons (Fsp3) is 0.562. The standard InChI is InChI=1S/C16H21Cl2FN2/c1-4-11(5-2)10(3)21-15-9-13(19)12(18)8-14(15)20-16(21)6-7-17/h8-11H,4-7H2,1-3H3. The highest BCUT2D eigenvalue weighted by atomic mass is 35.5. The summed E-state index contributed by atoms with van der Waals surface area (Å²) in [4.78, 5) is 4.60. The Kier molecular flexibility index (Phi) is 5.50. The van der Waals surface area contributed by atoms with Crippen LogP contribution in [0.1, 0.15) is 45.5 Å². The quantitative estimate of drug-likeness (QED) is 0.629. The number of imidazole rings is 1. The van der Waals surface area contributed by atoms with Crippen LogP contribution in [-0.2, 0) is 6.42 Å². The molecule has 0 amide bonds. The first-order valence-electron chi connectivity index (χ1n) is 7.45. The Balaban J connectivity index is 2.62. The lowest BCUT2D eigenvalue weighted by Gasteiger charge is -2.25. The van der Waals surface area contributed by atoms with Crippen molar-refractivity contribution >= 4 is 34.2 Å². The molecule has 0 spiro atoms. The summed E-state index contributed by atoms with van der Waals surface area (Å²) in [5, 5.41) is 0.111. The highest BCUT2D eigenvalue weighted by Crippen LogP contribution is 2.32. The third-order valence-electron chi connectivity index (χ3n) is 4.26. The highest BCUT2D eigenvalue weighted by molar-refractivity contribution is 6.31. The van der Waals surface area contributed by atoms with E-state index in [0.717, 1.165) is 29.7 Å². The Hall–Kier alpha value is -0.800. The van der Waals surface area contributed by atoms with Crippen molar-refractivity contribution < 1.29 is 4.39 Å². The Labute approximate surface area is 135 Å². The minimum atomic E-state index is -0.403. The summed E-state index contributed by atoms with van der Waals surface area (Å²) < 4.78 is 16.0. The number of alkyl halides is 1. The summed E-state index contributed by atoms with van der Waals surface area (Å²) in [6.45, 7) is 6.54. The molecule has 116 valence electrons. The van der Waals surface area contributed by atoms with E-state index in [1.165, 1.54) is 6.07 Å². The second-order valence-electron chi connectivity index (χ2n) is 5.41. The van der Waals surface area contributed by atoms with Crippen molar-refractivity contribution in [2.24, 2.45) is 5.92 Å². The topological polar surface area (TPSA) is 17.8 Å². The summed E-state index contributed by atoms with van der Waals surface area (Å²) in [5.41, 5.74) is 1.54. The summed E-state index contributed by atoms with van der Waals surface area (Å²) in [6.07, 6.45) is 2.82. The number of aromatic nitrogens is 2. The number of hydrogen-bond acceptors (Lipinski definition) is 1. The summed E-state index contributed by atoms with van der Waals surface area (Å²) in [5.74, 6) is 1.52. The first-order valence-corrected chi connectivity index (χ1v) is 8.36. The van der Waals surface area contributed by atoms with Crippen LogP contribution in [0.2, 0.25) is 5.02 Å². The molecule has 1 unspecified atom stereocenters. The SMILES string of the molecule is CCC(CC)C(C)n1c(CCCl)nc2cc(Cl)c(F)cc21. The van der Waals surface area contributed by atoms with Crippen LogP contribution in [0.4, 0.5) is 4.39 Å². The van der Waals surface area contributed by atoms with Gasteiger partial charge in [-0.25, -0.2) is 9.37 Å². The van der Waals surface area contributed by atoms with Gasteiger partial charge in [0.25, 0.3) is 0 Å². The molecule has 0 bridgehead atoms. The highest BCUT2D eigenvalue weighted by Gasteiger charge is 2.22. The average molecular weight is 331 g/mol. The number of hydrogen-bond donors (Lipinski definition) is 0. The van der Waals surface area contributed by atoms with E-state index in [1.54, 1.807) is 6.07 Å². The molecule has 0 N–H and O–H groups in total. The third-order valence-corrected chi connectivity index (χ3v) is 4.74. The second kappa shape index (κ2) is 6.97. The molecule has 2 aromatic rings. The minimum absolute atomic E-state index is 0.111. The van der Waals surface area contributed by atoms with E-state index >= 15 is 0 Å². The van der Waals surface area contributed by atoms with Crippen molar-refractivity contribution in [3.8, 4) is 0 Å². The van der Waals surface area contributed by atoms with Gasteiger partial charge in [-0.3, -0.25) is 0 Å². The van der Waals surface area contributed by atoms with Gasteiger partial charge in [-0.2, -0.15) is 0 Å². The molecule has 1 aromatic carbocycles. The van der Waals surface area contributed by atoms with Gasteiger partial charge in [-0.15, -0.1) is 11.6 Å². The van der Waals surface area contributed by atoms with Crippen molar-refractivity contribution in [3.63, 3.8) is 0 Å². The van der Waals surface area contributed by atoms with Crippen molar-refractivity contribution in [2.45, 2.75) is 46.1 Å². The van der Waals surface area contributed by atoms with E-state index in [-0.39, 0.29) is 11.1 Å². The van der Waals surface area contributed by atoms with Crippen LogP contribution in [0.3, 0.4) is 0 Å². The minimum Gasteiger partial charge on any atom is -0.325 e. The van der Waals surface area contributed by atoms with E-state index in [4.69, 9.17) is 23.2 Å². The number of rotatable bonds is 6. The predicted molar refractivity (Wildman–Crippen MR) is 87.9 cm³/mol. The van der Waals surface area contributed by atoms with Crippen LogP contribution in [0, 0.1) is 11.7 Å². The molecular formula is C16H21Cl2FN2.